The van der Waals surface area contributed by atoms with Gasteiger partial charge in [0.15, 0.2) is 0 Å². The molecule has 0 aliphatic rings. The maximum Gasteiger partial charge on any atom is 0.115 e. The van der Waals surface area contributed by atoms with Gasteiger partial charge in [-0.1, -0.05) is 32.9 Å². The van der Waals surface area contributed by atoms with E-state index in [0.29, 0.717) is 0 Å². The van der Waals surface area contributed by atoms with Crippen LogP contribution < -0.4 is 0 Å². The molecule has 0 aliphatic heterocycles. The molecule has 0 bridgehead atoms. The Labute approximate surface area is 172 Å². The Kier molecular flexibility index (Phi) is 5.10. The minimum absolute atomic E-state index is 0.0300. The van der Waals surface area contributed by atoms with E-state index in [1.165, 1.54) is 11.1 Å². The SMILES string of the molecule is Cc1cccnc1-c1ccc2ncc(CCc3cc(C(C)(C)C)ncn3)cc2c1. The first-order valence-corrected chi connectivity index (χ1v) is 10.0. The van der Waals surface area contributed by atoms with Gasteiger partial charge in [0, 0.05) is 40.1 Å². The molecule has 3 heterocycles. The fourth-order valence-corrected chi connectivity index (χ4v) is 3.47. The molecule has 0 amide bonds. The van der Waals surface area contributed by atoms with Gasteiger partial charge in [-0.3, -0.25) is 9.97 Å². The Hall–Kier alpha value is -3.14. The molecule has 0 fully saturated rings. The van der Waals surface area contributed by atoms with Gasteiger partial charge in [0.25, 0.3) is 0 Å². The summed E-state index contributed by atoms with van der Waals surface area (Å²) < 4.78 is 0. The fourth-order valence-electron chi connectivity index (χ4n) is 3.47. The summed E-state index contributed by atoms with van der Waals surface area (Å²) in [5.41, 5.74) is 7.72. The molecular formula is C25H26N4. The highest BCUT2D eigenvalue weighted by Crippen LogP contribution is 2.25. The maximum absolute atomic E-state index is 4.65. The summed E-state index contributed by atoms with van der Waals surface area (Å²) in [6.45, 7) is 8.61. The molecule has 0 spiro atoms. The number of pyridine rings is 2. The highest BCUT2D eigenvalue weighted by atomic mass is 14.8. The van der Waals surface area contributed by atoms with E-state index >= 15 is 0 Å². The van der Waals surface area contributed by atoms with Crippen LogP contribution in [-0.2, 0) is 18.3 Å². The standard InChI is InChI=1S/C25H26N4/c1-17-6-5-11-26-24(17)19-8-10-22-20(13-19)12-18(15-27-22)7-9-21-14-23(25(2,3)4)29-16-28-21/h5-6,8,10-16H,7,9H2,1-4H3. The number of rotatable bonds is 4. The van der Waals surface area contributed by atoms with E-state index in [-0.39, 0.29) is 5.41 Å². The van der Waals surface area contributed by atoms with Crippen LogP contribution in [0.15, 0.2) is 61.2 Å². The first kappa shape index (κ1) is 19.2. The summed E-state index contributed by atoms with van der Waals surface area (Å²) >= 11 is 0. The molecule has 1 aromatic carbocycles. The van der Waals surface area contributed by atoms with E-state index in [9.17, 15) is 0 Å². The number of hydrogen-bond acceptors (Lipinski definition) is 4. The molecule has 146 valence electrons. The number of benzene rings is 1. The Balaban J connectivity index is 1.58. The van der Waals surface area contributed by atoms with Crippen molar-refractivity contribution in [2.45, 2.75) is 46.0 Å². The molecular weight excluding hydrogens is 356 g/mol. The molecule has 4 nitrogen and oxygen atoms in total. The van der Waals surface area contributed by atoms with Crippen LogP contribution in [0.3, 0.4) is 0 Å². The molecule has 0 saturated carbocycles. The zero-order chi connectivity index (χ0) is 20.4. The monoisotopic (exact) mass is 382 g/mol. The average Bonchev–Trinajstić information content (AvgIpc) is 2.71. The molecule has 0 radical (unpaired) electrons. The van der Waals surface area contributed by atoms with Gasteiger partial charge in [0.2, 0.25) is 0 Å². The average molecular weight is 383 g/mol. The van der Waals surface area contributed by atoms with Crippen LogP contribution in [0.25, 0.3) is 22.2 Å². The minimum atomic E-state index is 0.0300. The predicted molar refractivity (Wildman–Crippen MR) is 118 cm³/mol. The van der Waals surface area contributed by atoms with Crippen LogP contribution in [0.5, 0.6) is 0 Å². The smallest absolute Gasteiger partial charge is 0.115 e. The molecule has 4 rings (SSSR count). The third kappa shape index (κ3) is 4.32. The minimum Gasteiger partial charge on any atom is -0.256 e. The molecule has 0 saturated heterocycles. The van der Waals surface area contributed by atoms with Gasteiger partial charge in [-0.2, -0.15) is 0 Å². The van der Waals surface area contributed by atoms with E-state index in [4.69, 9.17) is 0 Å². The summed E-state index contributed by atoms with van der Waals surface area (Å²) in [6.07, 6.45) is 7.26. The zero-order valence-electron chi connectivity index (χ0n) is 17.5. The van der Waals surface area contributed by atoms with Crippen LogP contribution in [0, 0.1) is 6.92 Å². The van der Waals surface area contributed by atoms with Gasteiger partial charge >= 0.3 is 0 Å². The largest absolute Gasteiger partial charge is 0.256 e. The maximum atomic E-state index is 4.65. The molecule has 4 heteroatoms. The second-order valence-electron chi connectivity index (χ2n) is 8.56. The number of aromatic nitrogens is 4. The Morgan fingerprint density at radius 2 is 1.72 bits per heavy atom. The van der Waals surface area contributed by atoms with Crippen LogP contribution in [0.4, 0.5) is 0 Å². The van der Waals surface area contributed by atoms with Crippen LogP contribution in [-0.4, -0.2) is 19.9 Å². The van der Waals surface area contributed by atoms with E-state index in [2.05, 4.69) is 84.0 Å². The highest BCUT2D eigenvalue weighted by molar-refractivity contribution is 5.84. The van der Waals surface area contributed by atoms with Crippen molar-refractivity contribution in [3.05, 3.63) is 83.7 Å². The summed E-state index contributed by atoms with van der Waals surface area (Å²) in [7, 11) is 0. The van der Waals surface area contributed by atoms with Gasteiger partial charge in [0.05, 0.1) is 11.2 Å². The van der Waals surface area contributed by atoms with E-state index in [1.807, 2.05) is 18.5 Å². The summed E-state index contributed by atoms with van der Waals surface area (Å²) in [6, 6.07) is 14.8. The second-order valence-corrected chi connectivity index (χ2v) is 8.56. The van der Waals surface area contributed by atoms with E-state index in [0.717, 1.165) is 46.4 Å². The Morgan fingerprint density at radius 3 is 2.52 bits per heavy atom. The van der Waals surface area contributed by atoms with Crippen LogP contribution >= 0.6 is 0 Å². The Bertz CT molecular complexity index is 1160. The van der Waals surface area contributed by atoms with Crippen molar-refractivity contribution >= 4 is 10.9 Å². The number of aryl methyl sites for hydroxylation is 3. The van der Waals surface area contributed by atoms with Crippen molar-refractivity contribution in [1.29, 1.82) is 0 Å². The Morgan fingerprint density at radius 1 is 0.862 bits per heavy atom. The lowest BCUT2D eigenvalue weighted by molar-refractivity contribution is 0.564. The molecule has 3 aromatic heterocycles. The lowest BCUT2D eigenvalue weighted by atomic mass is 9.91. The lowest BCUT2D eigenvalue weighted by Crippen LogP contribution is -2.14. The van der Waals surface area contributed by atoms with Crippen molar-refractivity contribution in [3.63, 3.8) is 0 Å². The van der Waals surface area contributed by atoms with Crippen molar-refractivity contribution in [2.24, 2.45) is 0 Å². The number of nitrogens with zero attached hydrogens (tertiary/aromatic N) is 4. The first-order chi connectivity index (χ1) is 13.9. The summed E-state index contributed by atoms with van der Waals surface area (Å²) in [5.74, 6) is 0. The van der Waals surface area contributed by atoms with Crippen molar-refractivity contribution < 1.29 is 0 Å². The van der Waals surface area contributed by atoms with Crippen molar-refractivity contribution in [3.8, 4) is 11.3 Å². The second kappa shape index (κ2) is 7.70. The van der Waals surface area contributed by atoms with Crippen LogP contribution in [0.1, 0.15) is 43.3 Å². The van der Waals surface area contributed by atoms with Gasteiger partial charge in [-0.05, 0) is 61.2 Å². The van der Waals surface area contributed by atoms with Crippen LogP contribution in [0.2, 0.25) is 0 Å². The predicted octanol–water partition coefficient (Wildman–Crippen LogP) is 5.48. The van der Waals surface area contributed by atoms with Gasteiger partial charge in [-0.15, -0.1) is 0 Å². The molecule has 0 atom stereocenters. The van der Waals surface area contributed by atoms with E-state index in [1.54, 1.807) is 6.33 Å². The van der Waals surface area contributed by atoms with Gasteiger partial charge in [-0.25, -0.2) is 9.97 Å². The van der Waals surface area contributed by atoms with E-state index < -0.39 is 0 Å². The fraction of sp³-hybridized carbons (Fsp3) is 0.280. The summed E-state index contributed by atoms with van der Waals surface area (Å²) in [5, 5.41) is 1.14. The highest BCUT2D eigenvalue weighted by Gasteiger charge is 2.16. The first-order valence-electron chi connectivity index (χ1n) is 10.0. The topological polar surface area (TPSA) is 51.6 Å². The van der Waals surface area contributed by atoms with Gasteiger partial charge in [0.1, 0.15) is 6.33 Å². The summed E-state index contributed by atoms with van der Waals surface area (Å²) in [4.78, 5) is 18.1. The third-order valence-electron chi connectivity index (χ3n) is 5.18. The zero-order valence-corrected chi connectivity index (χ0v) is 17.5. The number of hydrogen-bond donors (Lipinski definition) is 0. The molecule has 0 unspecified atom stereocenters. The molecule has 4 aromatic rings. The molecule has 0 N–H and O–H groups in total. The molecule has 0 aliphatic carbocycles. The third-order valence-corrected chi connectivity index (χ3v) is 5.18. The van der Waals surface area contributed by atoms with Crippen molar-refractivity contribution in [1.82, 2.24) is 19.9 Å². The lowest BCUT2D eigenvalue weighted by Gasteiger charge is -2.17. The quantitative estimate of drug-likeness (QED) is 0.469. The number of fused-ring (bicyclic) bond motifs is 1. The van der Waals surface area contributed by atoms with Gasteiger partial charge < -0.3 is 0 Å². The normalized spacial score (nSPS) is 11.7. The van der Waals surface area contributed by atoms with Crippen molar-refractivity contribution in [2.75, 3.05) is 0 Å². The molecule has 29 heavy (non-hydrogen) atoms.